The van der Waals surface area contributed by atoms with Crippen LogP contribution in [-0.4, -0.2) is 36.8 Å². The van der Waals surface area contributed by atoms with Crippen LogP contribution in [0.15, 0.2) is 41.3 Å². The zero-order valence-corrected chi connectivity index (χ0v) is 20.7. The fraction of sp³-hybridized carbons (Fsp3) is 0.435. The monoisotopic (exact) mass is 479 g/mol. The van der Waals surface area contributed by atoms with Gasteiger partial charge in [0.25, 0.3) is 15.3 Å². The van der Waals surface area contributed by atoms with E-state index < -0.39 is 28.4 Å². The lowest BCUT2D eigenvalue weighted by atomic mass is 10.1. The number of hydrogen-bond acceptors (Lipinski definition) is 8. The Labute approximate surface area is 193 Å². The molecule has 32 heavy (non-hydrogen) atoms. The van der Waals surface area contributed by atoms with Crippen LogP contribution in [0.25, 0.3) is 10.2 Å². The van der Waals surface area contributed by atoms with Crippen LogP contribution in [0.1, 0.15) is 51.8 Å². The fourth-order valence-electron chi connectivity index (χ4n) is 2.94. The van der Waals surface area contributed by atoms with E-state index in [2.05, 4.69) is 4.98 Å². The van der Waals surface area contributed by atoms with Gasteiger partial charge in [-0.1, -0.05) is 29.0 Å². The van der Waals surface area contributed by atoms with Crippen molar-refractivity contribution in [3.63, 3.8) is 0 Å². The summed E-state index contributed by atoms with van der Waals surface area (Å²) in [6, 6.07) is 9.81. The molecule has 3 rings (SSSR count). The van der Waals surface area contributed by atoms with E-state index in [0.717, 1.165) is 5.56 Å². The SMILES string of the molecule is Cc1ccc(S(=O)(=O)OCC(O)c2cc(OC(C)(C)C)cc3nc(OC(C)C)sc23)cc1. The van der Waals surface area contributed by atoms with Crippen molar-refractivity contribution in [1.29, 1.82) is 0 Å². The molecule has 0 aliphatic heterocycles. The third kappa shape index (κ3) is 6.19. The van der Waals surface area contributed by atoms with Crippen molar-refractivity contribution >= 4 is 31.7 Å². The maximum Gasteiger partial charge on any atom is 0.297 e. The van der Waals surface area contributed by atoms with Crippen molar-refractivity contribution in [3.8, 4) is 10.9 Å². The van der Waals surface area contributed by atoms with Gasteiger partial charge in [-0.3, -0.25) is 4.18 Å². The van der Waals surface area contributed by atoms with Crippen LogP contribution < -0.4 is 9.47 Å². The van der Waals surface area contributed by atoms with Crippen molar-refractivity contribution in [1.82, 2.24) is 4.98 Å². The number of fused-ring (bicyclic) bond motifs is 1. The number of benzene rings is 2. The molecule has 0 radical (unpaired) electrons. The Balaban J connectivity index is 1.91. The third-order valence-corrected chi connectivity index (χ3v) is 6.59. The van der Waals surface area contributed by atoms with E-state index in [9.17, 15) is 13.5 Å². The molecule has 1 atom stereocenters. The molecule has 0 amide bonds. The van der Waals surface area contributed by atoms with Crippen molar-refractivity contribution in [3.05, 3.63) is 47.5 Å². The zero-order valence-electron chi connectivity index (χ0n) is 19.1. The Morgan fingerprint density at radius 2 is 1.78 bits per heavy atom. The first-order valence-electron chi connectivity index (χ1n) is 10.3. The zero-order chi connectivity index (χ0) is 23.7. The molecule has 1 heterocycles. The summed E-state index contributed by atoms with van der Waals surface area (Å²) in [4.78, 5) is 4.54. The van der Waals surface area contributed by atoms with Crippen LogP contribution in [-0.2, 0) is 14.3 Å². The van der Waals surface area contributed by atoms with Crippen LogP contribution in [0.3, 0.4) is 0 Å². The number of aromatic nitrogens is 1. The minimum atomic E-state index is -4.01. The first kappa shape index (κ1) is 24.4. The molecule has 0 aliphatic carbocycles. The Hall–Kier alpha value is -2.20. The van der Waals surface area contributed by atoms with Crippen LogP contribution in [0.4, 0.5) is 0 Å². The first-order valence-corrected chi connectivity index (χ1v) is 12.5. The Morgan fingerprint density at radius 3 is 2.38 bits per heavy atom. The van der Waals surface area contributed by atoms with Gasteiger partial charge >= 0.3 is 0 Å². The summed E-state index contributed by atoms with van der Waals surface area (Å²) in [5.74, 6) is 0.516. The Bertz CT molecular complexity index is 1180. The van der Waals surface area contributed by atoms with E-state index in [4.69, 9.17) is 13.7 Å². The van der Waals surface area contributed by atoms with E-state index in [0.29, 0.717) is 26.7 Å². The van der Waals surface area contributed by atoms with Crippen molar-refractivity contribution in [2.24, 2.45) is 0 Å². The molecule has 3 aromatic rings. The van der Waals surface area contributed by atoms with Gasteiger partial charge in [0.15, 0.2) is 0 Å². The summed E-state index contributed by atoms with van der Waals surface area (Å²) >= 11 is 1.28. The van der Waals surface area contributed by atoms with Crippen LogP contribution in [0.2, 0.25) is 0 Å². The van der Waals surface area contributed by atoms with Crippen LogP contribution in [0.5, 0.6) is 10.9 Å². The number of rotatable bonds is 8. The minimum absolute atomic E-state index is 0.0377. The molecule has 0 bridgehead atoms. The lowest BCUT2D eigenvalue weighted by Gasteiger charge is -2.22. The van der Waals surface area contributed by atoms with Gasteiger partial charge in [-0.25, -0.2) is 4.98 Å². The second kappa shape index (κ2) is 9.35. The molecular weight excluding hydrogens is 450 g/mol. The maximum atomic E-state index is 12.5. The second-order valence-corrected chi connectivity index (χ2v) is 11.4. The quantitative estimate of drug-likeness (QED) is 0.454. The number of ether oxygens (including phenoxy) is 2. The molecule has 0 saturated carbocycles. The van der Waals surface area contributed by atoms with Crippen molar-refractivity contribution in [2.45, 2.75) is 64.2 Å². The van der Waals surface area contributed by atoms with E-state index in [1.807, 2.05) is 41.5 Å². The number of nitrogens with zero attached hydrogens (tertiary/aromatic N) is 1. The van der Waals surface area contributed by atoms with Gasteiger partial charge in [0, 0.05) is 11.6 Å². The van der Waals surface area contributed by atoms with Gasteiger partial charge in [0.1, 0.15) is 17.5 Å². The standard InChI is InChI=1S/C23H29NO6S2/c1-14(2)29-22-24-19-12-16(30-23(4,5)6)11-18(21(19)31-22)20(25)13-28-32(26,27)17-9-7-15(3)8-10-17/h7-12,14,20,25H,13H2,1-6H3. The van der Waals surface area contributed by atoms with Crippen molar-refractivity contribution < 1.29 is 27.2 Å². The topological polar surface area (TPSA) is 95.0 Å². The maximum absolute atomic E-state index is 12.5. The number of aliphatic hydroxyl groups is 1. The minimum Gasteiger partial charge on any atom is -0.488 e. The van der Waals surface area contributed by atoms with Crippen molar-refractivity contribution in [2.75, 3.05) is 6.61 Å². The highest BCUT2D eigenvalue weighted by molar-refractivity contribution is 7.86. The second-order valence-electron chi connectivity index (χ2n) is 8.79. The predicted molar refractivity (Wildman–Crippen MR) is 125 cm³/mol. The summed E-state index contributed by atoms with van der Waals surface area (Å²) < 4.78 is 42.6. The molecule has 0 fully saturated rings. The highest BCUT2D eigenvalue weighted by Crippen LogP contribution is 2.38. The molecular formula is C23H29NO6S2. The Morgan fingerprint density at radius 1 is 1.12 bits per heavy atom. The van der Waals surface area contributed by atoms with Gasteiger partial charge < -0.3 is 14.6 Å². The van der Waals surface area contributed by atoms with E-state index >= 15 is 0 Å². The van der Waals surface area contributed by atoms with Gasteiger partial charge in [-0.15, -0.1) is 0 Å². The molecule has 1 aromatic heterocycles. The molecule has 2 aromatic carbocycles. The van der Waals surface area contributed by atoms with E-state index in [1.165, 1.54) is 23.5 Å². The number of hydrogen-bond donors (Lipinski definition) is 1. The highest BCUT2D eigenvalue weighted by atomic mass is 32.2. The molecule has 0 aliphatic rings. The van der Waals surface area contributed by atoms with E-state index in [-0.39, 0.29) is 11.0 Å². The van der Waals surface area contributed by atoms with E-state index in [1.54, 1.807) is 24.3 Å². The summed E-state index contributed by atoms with van der Waals surface area (Å²) in [7, 11) is -4.01. The number of aryl methyl sites for hydroxylation is 1. The first-order chi connectivity index (χ1) is 14.8. The lowest BCUT2D eigenvalue weighted by Crippen LogP contribution is -2.23. The summed E-state index contributed by atoms with van der Waals surface area (Å²) in [5, 5.41) is 11.3. The molecule has 0 spiro atoms. The highest BCUT2D eigenvalue weighted by Gasteiger charge is 2.23. The van der Waals surface area contributed by atoms with Gasteiger partial charge in [0.05, 0.1) is 27.8 Å². The summed E-state index contributed by atoms with van der Waals surface area (Å²) in [6.07, 6.45) is -1.27. The average Bonchev–Trinajstić information content (AvgIpc) is 3.06. The summed E-state index contributed by atoms with van der Waals surface area (Å²) in [5.41, 5.74) is 1.54. The van der Waals surface area contributed by atoms with Gasteiger partial charge in [-0.05, 0) is 59.7 Å². The van der Waals surface area contributed by atoms with Crippen LogP contribution >= 0.6 is 11.3 Å². The number of aliphatic hydroxyl groups excluding tert-OH is 1. The Kier molecular flexibility index (Phi) is 7.14. The molecule has 7 nitrogen and oxygen atoms in total. The molecule has 174 valence electrons. The number of thiazole rings is 1. The third-order valence-electron chi connectivity index (χ3n) is 4.28. The normalized spacial score (nSPS) is 13.5. The largest absolute Gasteiger partial charge is 0.488 e. The molecule has 0 saturated heterocycles. The smallest absolute Gasteiger partial charge is 0.297 e. The lowest BCUT2D eigenvalue weighted by molar-refractivity contribution is 0.110. The molecule has 1 N–H and O–H groups in total. The average molecular weight is 480 g/mol. The molecule has 1 unspecified atom stereocenters. The summed E-state index contributed by atoms with van der Waals surface area (Å²) in [6.45, 7) is 11.0. The molecule has 9 heteroatoms. The fourth-order valence-corrected chi connectivity index (χ4v) is 4.93. The predicted octanol–water partition coefficient (Wildman–Crippen LogP) is 5.01. The van der Waals surface area contributed by atoms with Gasteiger partial charge in [-0.2, -0.15) is 8.42 Å². The van der Waals surface area contributed by atoms with Crippen LogP contribution in [0, 0.1) is 6.92 Å². The van der Waals surface area contributed by atoms with Gasteiger partial charge in [0.2, 0.25) is 0 Å².